The van der Waals surface area contributed by atoms with Crippen LogP contribution in [-0.4, -0.2) is 18.4 Å². The molecule has 4 nitrogen and oxygen atoms in total. The first-order chi connectivity index (χ1) is 7.81. The molecule has 82 valence electrons. The highest BCUT2D eigenvalue weighted by Gasteiger charge is 2.16. The first-order valence-corrected chi connectivity index (χ1v) is 5.53. The zero-order valence-electron chi connectivity index (χ0n) is 8.86. The van der Waals surface area contributed by atoms with Gasteiger partial charge in [-0.05, 0) is 42.5 Å². The lowest BCUT2D eigenvalue weighted by molar-refractivity contribution is -0.114. The minimum absolute atomic E-state index is 0.140. The molecular weight excluding hydrogens is 202 g/mol. The number of fused-ring (bicyclic) bond motifs is 1. The summed E-state index contributed by atoms with van der Waals surface area (Å²) < 4.78 is 0. The minimum Gasteiger partial charge on any atom is -0.347 e. The van der Waals surface area contributed by atoms with Crippen molar-refractivity contribution in [1.29, 1.82) is 0 Å². The molecular formula is C12H13N3O. The van der Waals surface area contributed by atoms with Crippen LogP contribution in [0.2, 0.25) is 0 Å². The molecule has 1 unspecified atom stereocenters. The summed E-state index contributed by atoms with van der Waals surface area (Å²) in [4.78, 5) is 14.9. The van der Waals surface area contributed by atoms with Crippen LogP contribution in [0.15, 0.2) is 23.2 Å². The van der Waals surface area contributed by atoms with E-state index in [-0.39, 0.29) is 12.2 Å². The Labute approximate surface area is 93.8 Å². The van der Waals surface area contributed by atoms with E-state index in [0.717, 1.165) is 12.1 Å². The second-order valence-corrected chi connectivity index (χ2v) is 4.17. The van der Waals surface area contributed by atoms with Gasteiger partial charge in [0.05, 0.1) is 6.21 Å². The van der Waals surface area contributed by atoms with Crippen LogP contribution in [0.4, 0.5) is 5.69 Å². The fourth-order valence-electron chi connectivity index (χ4n) is 2.24. The number of aliphatic imine (C=N–C) groups is 1. The lowest BCUT2D eigenvalue weighted by Gasteiger charge is -2.13. The molecule has 2 N–H and O–H groups in total. The molecule has 1 aliphatic carbocycles. The highest BCUT2D eigenvalue weighted by atomic mass is 16.2. The summed E-state index contributed by atoms with van der Waals surface area (Å²) in [6.07, 6.45) is 4.59. The largest absolute Gasteiger partial charge is 0.347 e. The molecule has 1 aromatic carbocycles. The van der Waals surface area contributed by atoms with Crippen molar-refractivity contribution in [2.75, 3.05) is 5.32 Å². The first-order valence-electron chi connectivity index (χ1n) is 5.53. The molecule has 0 fully saturated rings. The third kappa shape index (κ3) is 1.66. The summed E-state index contributed by atoms with van der Waals surface area (Å²) in [5.41, 5.74) is 3.88. The molecule has 4 heteroatoms. The predicted octanol–water partition coefficient (Wildman–Crippen LogP) is 1.07. The molecule has 1 atom stereocenters. The molecule has 1 aromatic rings. The molecule has 1 amide bonds. The first kappa shape index (κ1) is 9.39. The van der Waals surface area contributed by atoms with Crippen molar-refractivity contribution in [3.8, 4) is 0 Å². The van der Waals surface area contributed by atoms with Crippen molar-refractivity contribution < 1.29 is 4.79 Å². The standard InChI is InChI=1S/C12H13N3O/c16-11-7-13-12(15-11)14-10-5-4-8-2-1-3-9(8)6-10/h4-7,12,14H,1-3H2,(H,15,16). The Bertz CT molecular complexity index is 467. The Morgan fingerprint density at radius 3 is 3.00 bits per heavy atom. The molecule has 0 bridgehead atoms. The van der Waals surface area contributed by atoms with Crippen LogP contribution in [0.5, 0.6) is 0 Å². The van der Waals surface area contributed by atoms with Gasteiger partial charge in [0, 0.05) is 5.69 Å². The molecule has 0 saturated heterocycles. The van der Waals surface area contributed by atoms with Crippen LogP contribution in [-0.2, 0) is 17.6 Å². The minimum atomic E-state index is -0.313. The number of amides is 1. The van der Waals surface area contributed by atoms with Gasteiger partial charge in [-0.3, -0.25) is 4.79 Å². The number of carbonyl (C=O) groups is 1. The van der Waals surface area contributed by atoms with Gasteiger partial charge in [0.2, 0.25) is 0 Å². The molecule has 3 rings (SSSR count). The average molecular weight is 215 g/mol. The number of carbonyl (C=O) groups excluding carboxylic acids is 1. The number of hydrogen-bond acceptors (Lipinski definition) is 3. The average Bonchev–Trinajstić information content (AvgIpc) is 2.87. The molecule has 2 aliphatic rings. The van der Waals surface area contributed by atoms with E-state index in [4.69, 9.17) is 0 Å². The van der Waals surface area contributed by atoms with E-state index in [1.807, 2.05) is 6.07 Å². The maximum Gasteiger partial charge on any atom is 0.265 e. The molecule has 0 spiro atoms. The van der Waals surface area contributed by atoms with Crippen molar-refractivity contribution in [3.05, 3.63) is 29.3 Å². The van der Waals surface area contributed by atoms with Crippen molar-refractivity contribution >= 4 is 17.8 Å². The molecule has 0 radical (unpaired) electrons. The fraction of sp³-hybridized carbons (Fsp3) is 0.333. The third-order valence-corrected chi connectivity index (χ3v) is 3.02. The van der Waals surface area contributed by atoms with Gasteiger partial charge in [0.25, 0.3) is 5.91 Å². The quantitative estimate of drug-likeness (QED) is 0.775. The monoisotopic (exact) mass is 215 g/mol. The van der Waals surface area contributed by atoms with Crippen LogP contribution in [0, 0.1) is 0 Å². The summed E-state index contributed by atoms with van der Waals surface area (Å²) in [7, 11) is 0. The highest BCUT2D eigenvalue weighted by molar-refractivity contribution is 6.27. The third-order valence-electron chi connectivity index (χ3n) is 3.02. The molecule has 0 saturated carbocycles. The van der Waals surface area contributed by atoms with Gasteiger partial charge >= 0.3 is 0 Å². The van der Waals surface area contributed by atoms with Crippen molar-refractivity contribution in [1.82, 2.24) is 5.32 Å². The number of aryl methyl sites for hydroxylation is 2. The normalized spacial score (nSPS) is 22.0. The Morgan fingerprint density at radius 2 is 2.19 bits per heavy atom. The van der Waals surface area contributed by atoms with Crippen molar-refractivity contribution in [2.24, 2.45) is 4.99 Å². The SMILES string of the molecule is O=C1C=NC(Nc2ccc3c(c2)CCC3)N1. The van der Waals surface area contributed by atoms with Crippen LogP contribution < -0.4 is 10.6 Å². The number of benzene rings is 1. The van der Waals surface area contributed by atoms with Gasteiger partial charge in [-0.15, -0.1) is 0 Å². The van der Waals surface area contributed by atoms with Crippen LogP contribution >= 0.6 is 0 Å². The number of anilines is 1. The zero-order chi connectivity index (χ0) is 11.0. The van der Waals surface area contributed by atoms with E-state index < -0.39 is 0 Å². The van der Waals surface area contributed by atoms with Gasteiger partial charge in [0.15, 0.2) is 6.29 Å². The lowest BCUT2D eigenvalue weighted by Crippen LogP contribution is -2.33. The smallest absolute Gasteiger partial charge is 0.265 e. The highest BCUT2D eigenvalue weighted by Crippen LogP contribution is 2.25. The number of hydrogen-bond donors (Lipinski definition) is 2. The predicted molar refractivity (Wildman–Crippen MR) is 62.5 cm³/mol. The van der Waals surface area contributed by atoms with E-state index in [1.54, 1.807) is 0 Å². The van der Waals surface area contributed by atoms with E-state index >= 15 is 0 Å². The Hall–Kier alpha value is -1.84. The second kappa shape index (κ2) is 3.63. The summed E-state index contributed by atoms with van der Waals surface area (Å²) in [6, 6.07) is 6.36. The Balaban J connectivity index is 1.76. The number of nitrogens with zero attached hydrogens (tertiary/aromatic N) is 1. The van der Waals surface area contributed by atoms with Crippen molar-refractivity contribution in [3.63, 3.8) is 0 Å². The topological polar surface area (TPSA) is 53.5 Å². The molecule has 1 aliphatic heterocycles. The second-order valence-electron chi connectivity index (χ2n) is 4.17. The van der Waals surface area contributed by atoms with E-state index in [1.165, 1.54) is 30.2 Å². The number of nitrogens with one attached hydrogen (secondary N) is 2. The van der Waals surface area contributed by atoms with E-state index in [2.05, 4.69) is 27.8 Å². The van der Waals surface area contributed by atoms with Crippen LogP contribution in [0.3, 0.4) is 0 Å². The molecule has 0 aromatic heterocycles. The fourth-order valence-corrected chi connectivity index (χ4v) is 2.24. The lowest BCUT2D eigenvalue weighted by atomic mass is 10.1. The summed E-state index contributed by atoms with van der Waals surface area (Å²) in [6.45, 7) is 0. The van der Waals surface area contributed by atoms with Gasteiger partial charge in [-0.25, -0.2) is 4.99 Å². The maximum absolute atomic E-state index is 10.9. The van der Waals surface area contributed by atoms with Gasteiger partial charge in [-0.1, -0.05) is 6.07 Å². The van der Waals surface area contributed by atoms with E-state index in [0.29, 0.717) is 0 Å². The van der Waals surface area contributed by atoms with Crippen LogP contribution in [0.25, 0.3) is 0 Å². The van der Waals surface area contributed by atoms with Gasteiger partial charge in [0.1, 0.15) is 0 Å². The molecule has 1 heterocycles. The van der Waals surface area contributed by atoms with E-state index in [9.17, 15) is 4.79 Å². The summed E-state index contributed by atoms with van der Waals surface area (Å²) in [5.74, 6) is -0.140. The Morgan fingerprint density at radius 1 is 1.31 bits per heavy atom. The maximum atomic E-state index is 10.9. The van der Waals surface area contributed by atoms with Crippen LogP contribution in [0.1, 0.15) is 17.5 Å². The Kier molecular flexibility index (Phi) is 2.13. The summed E-state index contributed by atoms with van der Waals surface area (Å²) >= 11 is 0. The molecule has 16 heavy (non-hydrogen) atoms. The number of rotatable bonds is 2. The van der Waals surface area contributed by atoms with Crippen molar-refractivity contribution in [2.45, 2.75) is 25.6 Å². The van der Waals surface area contributed by atoms with Gasteiger partial charge in [-0.2, -0.15) is 0 Å². The van der Waals surface area contributed by atoms with Gasteiger partial charge < -0.3 is 10.6 Å². The zero-order valence-corrected chi connectivity index (χ0v) is 8.86. The summed E-state index contributed by atoms with van der Waals surface area (Å²) in [5, 5.41) is 5.87.